The van der Waals surface area contributed by atoms with Crippen LogP contribution < -0.4 is 5.32 Å². The maximum absolute atomic E-state index is 12.9. The van der Waals surface area contributed by atoms with E-state index >= 15 is 0 Å². The molecule has 35 heavy (non-hydrogen) atoms. The molecule has 0 radical (unpaired) electrons. The van der Waals surface area contributed by atoms with Crippen LogP contribution in [0.5, 0.6) is 0 Å². The number of hydrogen-bond acceptors (Lipinski definition) is 10. The van der Waals surface area contributed by atoms with Crippen LogP contribution in [0, 0.1) is 37.3 Å². The molecule has 180 valence electrons. The third-order valence-electron chi connectivity index (χ3n) is 4.74. The molecule has 0 spiro atoms. The van der Waals surface area contributed by atoms with Crippen LogP contribution >= 0.6 is 11.3 Å². The van der Waals surface area contributed by atoms with Gasteiger partial charge in [0.25, 0.3) is 23.0 Å². The highest BCUT2D eigenvalue weighted by atomic mass is 32.1. The summed E-state index contributed by atoms with van der Waals surface area (Å²) < 4.78 is 5.12. The minimum Gasteiger partial charge on any atom is -0.462 e. The number of nitrogens with one attached hydrogen (secondary N) is 1. The van der Waals surface area contributed by atoms with Gasteiger partial charge in [-0.25, -0.2) is 4.79 Å². The Hall–Kier alpha value is -4.72. The monoisotopic (exact) mass is 500 g/mol. The van der Waals surface area contributed by atoms with Gasteiger partial charge in [-0.15, -0.1) is 11.3 Å². The largest absolute Gasteiger partial charge is 0.462 e. The predicted octanol–water partition coefficient (Wildman–Crippen LogP) is 4.88. The summed E-state index contributed by atoms with van der Waals surface area (Å²) in [6.07, 6.45) is 0. The number of aryl methyl sites for hydroxylation is 1. The number of amides is 1. The number of thiophene rings is 1. The highest BCUT2D eigenvalue weighted by Gasteiger charge is 2.27. The van der Waals surface area contributed by atoms with Gasteiger partial charge in [-0.3, -0.25) is 35.1 Å². The zero-order valence-corrected chi connectivity index (χ0v) is 19.0. The summed E-state index contributed by atoms with van der Waals surface area (Å²) in [4.78, 5) is 57.2. The van der Waals surface area contributed by atoms with Crippen LogP contribution in [0.2, 0.25) is 0 Å². The number of ether oxygens (including phenoxy) is 1. The van der Waals surface area contributed by atoms with E-state index in [4.69, 9.17) is 4.74 Å². The van der Waals surface area contributed by atoms with E-state index in [1.54, 1.807) is 13.8 Å². The topological polar surface area (TPSA) is 185 Å². The number of nitro benzene ring substituents is 3. The molecule has 0 fully saturated rings. The Labute approximate surface area is 200 Å². The van der Waals surface area contributed by atoms with Crippen molar-refractivity contribution in [3.8, 4) is 11.1 Å². The van der Waals surface area contributed by atoms with Gasteiger partial charge in [-0.05, 0) is 31.5 Å². The van der Waals surface area contributed by atoms with Crippen LogP contribution in [0.25, 0.3) is 11.1 Å². The fourth-order valence-corrected chi connectivity index (χ4v) is 4.30. The van der Waals surface area contributed by atoms with Crippen molar-refractivity contribution >= 4 is 45.3 Å². The van der Waals surface area contributed by atoms with Crippen molar-refractivity contribution in [1.82, 2.24) is 0 Å². The minimum absolute atomic E-state index is 0.0171. The first kappa shape index (κ1) is 24.9. The first-order chi connectivity index (χ1) is 16.5. The van der Waals surface area contributed by atoms with Gasteiger partial charge in [0.15, 0.2) is 0 Å². The summed E-state index contributed by atoms with van der Waals surface area (Å²) in [6, 6.07) is 7.91. The van der Waals surface area contributed by atoms with Gasteiger partial charge in [0.2, 0.25) is 0 Å². The second-order valence-corrected chi connectivity index (χ2v) is 8.19. The van der Waals surface area contributed by atoms with E-state index in [1.807, 2.05) is 0 Å². The van der Waals surface area contributed by atoms with Gasteiger partial charge < -0.3 is 10.1 Å². The molecule has 1 N–H and O–H groups in total. The quantitative estimate of drug-likeness (QED) is 0.256. The minimum atomic E-state index is -0.918. The van der Waals surface area contributed by atoms with E-state index in [2.05, 4.69) is 5.32 Å². The molecule has 0 aliphatic rings. The van der Waals surface area contributed by atoms with Crippen molar-refractivity contribution in [1.29, 1.82) is 0 Å². The summed E-state index contributed by atoms with van der Waals surface area (Å²) in [7, 11) is 0. The summed E-state index contributed by atoms with van der Waals surface area (Å²) in [5.41, 5.74) is -0.990. The zero-order chi connectivity index (χ0) is 25.9. The molecule has 0 bridgehead atoms. The number of esters is 1. The fraction of sp³-hybridized carbons (Fsp3) is 0.143. The number of rotatable bonds is 8. The highest BCUT2D eigenvalue weighted by Crippen LogP contribution is 2.41. The maximum Gasteiger partial charge on any atom is 0.341 e. The Morgan fingerprint density at radius 3 is 1.94 bits per heavy atom. The van der Waals surface area contributed by atoms with Gasteiger partial charge >= 0.3 is 5.97 Å². The van der Waals surface area contributed by atoms with Crippen molar-refractivity contribution in [2.45, 2.75) is 13.8 Å². The molecule has 3 aromatic rings. The van der Waals surface area contributed by atoms with Crippen molar-refractivity contribution in [3.63, 3.8) is 0 Å². The van der Waals surface area contributed by atoms with Crippen LogP contribution in [-0.4, -0.2) is 33.3 Å². The lowest BCUT2D eigenvalue weighted by Gasteiger charge is -2.09. The molecular formula is C21H16N4O9S. The van der Waals surface area contributed by atoms with Crippen LogP contribution in [0.4, 0.5) is 22.1 Å². The number of nitro groups is 3. The van der Waals surface area contributed by atoms with Crippen LogP contribution in [0.3, 0.4) is 0 Å². The molecule has 1 amide bonds. The number of carbonyl (C=O) groups excluding carboxylic acids is 2. The molecule has 14 heteroatoms. The van der Waals surface area contributed by atoms with Crippen LogP contribution in [0.1, 0.15) is 32.5 Å². The molecule has 0 unspecified atom stereocenters. The van der Waals surface area contributed by atoms with Gasteiger partial charge in [-0.2, -0.15) is 0 Å². The first-order valence-corrected chi connectivity index (χ1v) is 10.7. The summed E-state index contributed by atoms with van der Waals surface area (Å²) >= 11 is 1.01. The second-order valence-electron chi connectivity index (χ2n) is 6.97. The molecule has 0 saturated heterocycles. The van der Waals surface area contributed by atoms with Crippen LogP contribution in [-0.2, 0) is 4.74 Å². The van der Waals surface area contributed by atoms with Crippen molar-refractivity contribution in [3.05, 3.63) is 88.8 Å². The lowest BCUT2D eigenvalue weighted by atomic mass is 10.0. The Morgan fingerprint density at radius 2 is 1.46 bits per heavy atom. The number of carbonyl (C=O) groups is 2. The summed E-state index contributed by atoms with van der Waals surface area (Å²) in [6.45, 7) is 3.28. The molecule has 2 aromatic carbocycles. The zero-order valence-electron chi connectivity index (χ0n) is 18.2. The van der Waals surface area contributed by atoms with E-state index < -0.39 is 38.0 Å². The van der Waals surface area contributed by atoms with Gasteiger partial charge in [0.1, 0.15) is 10.6 Å². The van der Waals surface area contributed by atoms with Crippen molar-refractivity contribution in [2.24, 2.45) is 0 Å². The normalized spacial score (nSPS) is 10.5. The molecule has 13 nitrogen and oxygen atoms in total. The third-order valence-corrected chi connectivity index (χ3v) is 5.76. The molecular weight excluding hydrogens is 484 g/mol. The smallest absolute Gasteiger partial charge is 0.341 e. The number of non-ortho nitro benzene ring substituents is 3. The lowest BCUT2D eigenvalue weighted by molar-refractivity contribution is -0.394. The third kappa shape index (κ3) is 5.27. The van der Waals surface area contributed by atoms with Crippen molar-refractivity contribution < 1.29 is 29.1 Å². The molecule has 3 rings (SSSR count). The highest BCUT2D eigenvalue weighted by molar-refractivity contribution is 7.17. The van der Waals surface area contributed by atoms with Gasteiger partial charge in [0, 0.05) is 34.7 Å². The molecule has 0 aliphatic heterocycles. The van der Waals surface area contributed by atoms with Crippen molar-refractivity contribution in [2.75, 3.05) is 11.9 Å². The summed E-state index contributed by atoms with van der Waals surface area (Å²) in [5.74, 6) is -1.69. The van der Waals surface area contributed by atoms with Gasteiger partial charge in [-0.1, -0.05) is 0 Å². The molecule has 0 saturated carbocycles. The maximum atomic E-state index is 12.9. The first-order valence-electron chi connectivity index (χ1n) is 9.84. The fourth-order valence-electron chi connectivity index (χ4n) is 3.24. The average Bonchev–Trinajstić information content (AvgIpc) is 3.14. The Morgan fingerprint density at radius 1 is 0.914 bits per heavy atom. The molecule has 1 aromatic heterocycles. The van der Waals surface area contributed by atoms with E-state index in [0.29, 0.717) is 16.0 Å². The van der Waals surface area contributed by atoms with Crippen LogP contribution in [0.15, 0.2) is 42.5 Å². The average molecular weight is 500 g/mol. The second kappa shape index (κ2) is 10.0. The predicted molar refractivity (Wildman–Crippen MR) is 125 cm³/mol. The van der Waals surface area contributed by atoms with E-state index in [-0.39, 0.29) is 28.4 Å². The SMILES string of the molecule is CCOC(=O)c1c(NC(=O)c2cc([N+](=O)[O-])cc([N+](=O)[O-])c2)sc(C)c1-c1ccc([N+](=O)[O-])cc1. The van der Waals surface area contributed by atoms with E-state index in [1.165, 1.54) is 24.3 Å². The lowest BCUT2D eigenvalue weighted by Crippen LogP contribution is -2.15. The molecule has 0 aliphatic carbocycles. The number of benzene rings is 2. The molecule has 0 atom stereocenters. The number of hydrogen-bond donors (Lipinski definition) is 1. The Kier molecular flexibility index (Phi) is 7.15. The van der Waals surface area contributed by atoms with Gasteiger partial charge in [0.05, 0.1) is 33.0 Å². The standard InChI is InChI=1S/C21H16N4O9S/c1-3-34-21(27)18-17(12-4-6-14(7-5-12)23(28)29)11(2)35-20(18)22-19(26)13-8-15(24(30)31)10-16(9-13)25(32)33/h4-10H,3H2,1-2H3,(H,22,26). The molecule has 1 heterocycles. The van der Waals surface area contributed by atoms with E-state index in [0.717, 1.165) is 29.5 Å². The summed E-state index contributed by atoms with van der Waals surface area (Å²) in [5, 5.41) is 35.8. The number of nitrogens with zero attached hydrogens (tertiary/aromatic N) is 3. The Balaban J connectivity index is 2.09. The van der Waals surface area contributed by atoms with E-state index in [9.17, 15) is 39.9 Å². The Bertz CT molecular complexity index is 1330. The number of anilines is 1.